The summed E-state index contributed by atoms with van der Waals surface area (Å²) in [6.45, 7) is 0. The molecular weight excluding hydrogens is 318 g/mol. The van der Waals surface area contributed by atoms with Crippen LogP contribution < -0.4 is 0 Å². The highest BCUT2D eigenvalue weighted by atomic mass is 19.4. The van der Waals surface area contributed by atoms with Crippen LogP contribution >= 0.6 is 0 Å². The van der Waals surface area contributed by atoms with Crippen molar-refractivity contribution in [2.45, 2.75) is 6.18 Å². The molecular formula is C19H11F4N. The fourth-order valence-electron chi connectivity index (χ4n) is 3.05. The van der Waals surface area contributed by atoms with Crippen LogP contribution in [0.25, 0.3) is 27.5 Å². The summed E-state index contributed by atoms with van der Waals surface area (Å²) in [5.41, 5.74) is 0.597. The maximum absolute atomic E-state index is 14.5. The summed E-state index contributed by atoms with van der Waals surface area (Å²) in [4.78, 5) is 0. The van der Waals surface area contributed by atoms with Gasteiger partial charge in [0.2, 0.25) is 0 Å². The number of rotatable bonds is 1. The van der Waals surface area contributed by atoms with Crippen LogP contribution in [0.4, 0.5) is 17.6 Å². The van der Waals surface area contributed by atoms with Gasteiger partial charge in [-0.3, -0.25) is 0 Å². The molecule has 0 bridgehead atoms. The molecule has 0 amide bonds. The first kappa shape index (κ1) is 14.8. The van der Waals surface area contributed by atoms with E-state index < -0.39 is 17.6 Å². The Kier molecular flexibility index (Phi) is 3.13. The zero-order valence-corrected chi connectivity index (χ0v) is 12.3. The van der Waals surface area contributed by atoms with Gasteiger partial charge in [-0.25, -0.2) is 4.39 Å². The van der Waals surface area contributed by atoms with Gasteiger partial charge in [0.25, 0.3) is 0 Å². The first-order chi connectivity index (χ1) is 11.5. The molecule has 0 spiro atoms. The van der Waals surface area contributed by atoms with E-state index in [2.05, 4.69) is 0 Å². The lowest BCUT2D eigenvalue weighted by Crippen LogP contribution is -2.07. The van der Waals surface area contributed by atoms with Gasteiger partial charge in [-0.2, -0.15) is 13.2 Å². The number of nitrogens with zero attached hydrogens (tertiary/aromatic N) is 1. The Morgan fingerprint density at radius 2 is 1.25 bits per heavy atom. The summed E-state index contributed by atoms with van der Waals surface area (Å²) in [5.74, 6) is -0.906. The molecule has 0 fully saturated rings. The molecule has 0 unspecified atom stereocenters. The standard InChI is InChI=1S/C19H11F4N/c20-15-11-12(19(21,22)23)9-10-18(15)24-16-7-3-1-5-13(16)14-6-2-4-8-17(14)24/h1-11H. The maximum Gasteiger partial charge on any atom is 0.416 e. The largest absolute Gasteiger partial charge is 0.416 e. The molecule has 0 aliphatic carbocycles. The van der Waals surface area contributed by atoms with Crippen molar-refractivity contribution < 1.29 is 17.6 Å². The molecule has 0 radical (unpaired) electrons. The Morgan fingerprint density at radius 1 is 0.708 bits per heavy atom. The highest BCUT2D eigenvalue weighted by Crippen LogP contribution is 2.35. The van der Waals surface area contributed by atoms with Crippen LogP contribution in [-0.4, -0.2) is 4.57 Å². The third-order valence-corrected chi connectivity index (χ3v) is 4.10. The molecule has 120 valence electrons. The highest BCUT2D eigenvalue weighted by molar-refractivity contribution is 6.09. The third-order valence-electron chi connectivity index (χ3n) is 4.10. The zero-order valence-electron chi connectivity index (χ0n) is 12.3. The van der Waals surface area contributed by atoms with Crippen LogP contribution in [-0.2, 0) is 6.18 Å². The second-order valence-corrected chi connectivity index (χ2v) is 5.53. The van der Waals surface area contributed by atoms with Crippen molar-refractivity contribution in [1.82, 2.24) is 4.57 Å². The summed E-state index contributed by atoms with van der Waals surface area (Å²) in [5, 5.41) is 1.85. The predicted octanol–water partition coefficient (Wildman–Crippen LogP) is 5.94. The molecule has 0 atom stereocenters. The van der Waals surface area contributed by atoms with E-state index in [0.717, 1.165) is 27.9 Å². The van der Waals surface area contributed by atoms with E-state index in [1.165, 1.54) is 6.07 Å². The zero-order chi connectivity index (χ0) is 16.9. The number of halogens is 4. The van der Waals surface area contributed by atoms with Crippen molar-refractivity contribution in [1.29, 1.82) is 0 Å². The highest BCUT2D eigenvalue weighted by Gasteiger charge is 2.31. The van der Waals surface area contributed by atoms with Crippen molar-refractivity contribution in [3.05, 3.63) is 78.1 Å². The number of hydrogen-bond acceptors (Lipinski definition) is 0. The minimum Gasteiger partial charge on any atom is -0.306 e. The normalized spacial score (nSPS) is 12.2. The summed E-state index contributed by atoms with van der Waals surface area (Å²) < 4.78 is 54.5. The molecule has 0 saturated heterocycles. The molecule has 3 aromatic carbocycles. The van der Waals surface area contributed by atoms with Crippen LogP contribution in [0.2, 0.25) is 0 Å². The summed E-state index contributed by atoms with van der Waals surface area (Å²) in [6.07, 6.45) is -4.57. The van der Waals surface area contributed by atoms with E-state index in [4.69, 9.17) is 0 Å². The van der Waals surface area contributed by atoms with Gasteiger partial charge in [0.15, 0.2) is 0 Å². The topological polar surface area (TPSA) is 4.93 Å². The number of fused-ring (bicyclic) bond motifs is 3. The van der Waals surface area contributed by atoms with Gasteiger partial charge in [-0.15, -0.1) is 0 Å². The van der Waals surface area contributed by atoms with Gasteiger partial charge in [-0.05, 0) is 30.3 Å². The van der Waals surface area contributed by atoms with Crippen LogP contribution in [0, 0.1) is 5.82 Å². The van der Waals surface area contributed by atoms with Gasteiger partial charge in [0.05, 0.1) is 22.3 Å². The van der Waals surface area contributed by atoms with Crippen LogP contribution in [0.3, 0.4) is 0 Å². The van der Waals surface area contributed by atoms with Gasteiger partial charge >= 0.3 is 6.18 Å². The van der Waals surface area contributed by atoms with E-state index >= 15 is 0 Å². The Bertz CT molecular complexity index is 1010. The molecule has 0 N–H and O–H groups in total. The Balaban J connectivity index is 2.06. The predicted molar refractivity (Wildman–Crippen MR) is 85.7 cm³/mol. The van der Waals surface area contributed by atoms with E-state index in [-0.39, 0.29) is 5.69 Å². The fraction of sp³-hybridized carbons (Fsp3) is 0.0526. The van der Waals surface area contributed by atoms with E-state index in [0.29, 0.717) is 6.07 Å². The van der Waals surface area contributed by atoms with Crippen molar-refractivity contribution >= 4 is 21.8 Å². The molecule has 1 nitrogen and oxygen atoms in total. The average Bonchev–Trinajstić information content (AvgIpc) is 2.89. The molecule has 0 aliphatic heterocycles. The minimum absolute atomic E-state index is 0.0976. The van der Waals surface area contributed by atoms with Crippen molar-refractivity contribution in [2.75, 3.05) is 0 Å². The lowest BCUT2D eigenvalue weighted by Gasteiger charge is -2.12. The Morgan fingerprint density at radius 3 is 1.75 bits per heavy atom. The number of aromatic nitrogens is 1. The number of hydrogen-bond donors (Lipinski definition) is 0. The van der Waals surface area contributed by atoms with Crippen molar-refractivity contribution in [3.8, 4) is 5.69 Å². The quantitative estimate of drug-likeness (QED) is 0.381. The summed E-state index contributed by atoms with van der Waals surface area (Å²) in [7, 11) is 0. The van der Waals surface area contributed by atoms with E-state index in [1.807, 2.05) is 48.5 Å². The van der Waals surface area contributed by atoms with E-state index in [9.17, 15) is 17.6 Å². The van der Waals surface area contributed by atoms with Gasteiger partial charge in [0.1, 0.15) is 5.82 Å². The molecule has 1 heterocycles. The molecule has 4 rings (SSSR count). The summed E-state index contributed by atoms with van der Waals surface area (Å²) >= 11 is 0. The van der Waals surface area contributed by atoms with Gasteiger partial charge in [-0.1, -0.05) is 36.4 Å². The van der Waals surface area contributed by atoms with Crippen LogP contribution in [0.15, 0.2) is 66.7 Å². The monoisotopic (exact) mass is 329 g/mol. The number of para-hydroxylation sites is 2. The minimum atomic E-state index is -4.57. The molecule has 4 aromatic rings. The first-order valence-electron chi connectivity index (χ1n) is 7.32. The first-order valence-corrected chi connectivity index (χ1v) is 7.32. The average molecular weight is 329 g/mol. The Labute approximate surface area is 134 Å². The Hall–Kier alpha value is -2.82. The number of alkyl halides is 3. The van der Waals surface area contributed by atoms with Crippen LogP contribution in [0.1, 0.15) is 5.56 Å². The fourth-order valence-corrected chi connectivity index (χ4v) is 3.05. The van der Waals surface area contributed by atoms with Crippen LogP contribution in [0.5, 0.6) is 0 Å². The van der Waals surface area contributed by atoms with Crippen molar-refractivity contribution in [2.24, 2.45) is 0 Å². The third kappa shape index (κ3) is 2.16. The van der Waals surface area contributed by atoms with E-state index in [1.54, 1.807) is 4.57 Å². The smallest absolute Gasteiger partial charge is 0.306 e. The molecule has 1 aromatic heterocycles. The molecule has 5 heteroatoms. The second-order valence-electron chi connectivity index (χ2n) is 5.53. The lowest BCUT2D eigenvalue weighted by molar-refractivity contribution is -0.137. The van der Waals surface area contributed by atoms with Gasteiger partial charge in [0, 0.05) is 10.8 Å². The van der Waals surface area contributed by atoms with Crippen molar-refractivity contribution in [3.63, 3.8) is 0 Å². The number of benzene rings is 3. The second kappa shape index (κ2) is 5.09. The molecule has 24 heavy (non-hydrogen) atoms. The summed E-state index contributed by atoms with van der Waals surface area (Å²) in [6, 6.07) is 17.5. The molecule has 0 saturated carbocycles. The maximum atomic E-state index is 14.5. The lowest BCUT2D eigenvalue weighted by atomic mass is 10.2. The SMILES string of the molecule is Fc1cc(C(F)(F)F)ccc1-n1c2ccccc2c2ccccc21. The van der Waals surface area contributed by atoms with Gasteiger partial charge < -0.3 is 4.57 Å². The molecule has 0 aliphatic rings.